The molecule has 2 aromatic rings. The lowest BCUT2D eigenvalue weighted by Crippen LogP contribution is -2.44. The molecule has 1 amide bonds. The first-order chi connectivity index (χ1) is 12.5. The quantitative estimate of drug-likeness (QED) is 0.702. The van der Waals surface area contributed by atoms with Crippen molar-refractivity contribution in [2.24, 2.45) is 5.92 Å². The number of nitrogens with zero attached hydrogens (tertiary/aromatic N) is 3. The van der Waals surface area contributed by atoms with Crippen molar-refractivity contribution in [1.29, 1.82) is 0 Å². The molecule has 0 aromatic carbocycles. The highest BCUT2D eigenvalue weighted by atomic mass is 32.2. The van der Waals surface area contributed by atoms with E-state index in [1.54, 1.807) is 23.6 Å². The SMILES string of the molecule is COc1ccnc(NNC(=O)C2CCN(S(=O)(=O)c3cccs3)CC2)n1. The molecule has 140 valence electrons. The molecule has 1 aliphatic heterocycles. The van der Waals surface area contributed by atoms with Crippen LogP contribution < -0.4 is 15.6 Å². The van der Waals surface area contributed by atoms with Gasteiger partial charge in [-0.25, -0.2) is 13.4 Å². The fourth-order valence-corrected chi connectivity index (χ4v) is 5.25. The first-order valence-corrected chi connectivity index (χ1v) is 10.3. The maximum Gasteiger partial charge on any atom is 0.252 e. The molecule has 0 aliphatic carbocycles. The van der Waals surface area contributed by atoms with Crippen LogP contribution in [0, 0.1) is 5.92 Å². The number of piperidine rings is 1. The molecule has 0 saturated carbocycles. The fraction of sp³-hybridized carbons (Fsp3) is 0.400. The van der Waals surface area contributed by atoms with Gasteiger partial charge >= 0.3 is 0 Å². The third-order valence-electron chi connectivity index (χ3n) is 4.05. The van der Waals surface area contributed by atoms with Crippen molar-refractivity contribution in [2.75, 3.05) is 25.6 Å². The van der Waals surface area contributed by atoms with Gasteiger partial charge in [0.1, 0.15) is 4.21 Å². The minimum Gasteiger partial charge on any atom is -0.481 e. The van der Waals surface area contributed by atoms with Gasteiger partial charge in [-0.05, 0) is 24.3 Å². The molecular weight excluding hydrogens is 378 g/mol. The lowest BCUT2D eigenvalue weighted by Gasteiger charge is -2.30. The van der Waals surface area contributed by atoms with E-state index in [4.69, 9.17) is 4.74 Å². The summed E-state index contributed by atoms with van der Waals surface area (Å²) >= 11 is 1.20. The highest BCUT2D eigenvalue weighted by Gasteiger charge is 2.32. The second-order valence-corrected chi connectivity index (χ2v) is 8.76. The number of nitrogens with one attached hydrogen (secondary N) is 2. The van der Waals surface area contributed by atoms with Crippen LogP contribution in [0.2, 0.25) is 0 Å². The Morgan fingerprint density at radius 1 is 1.35 bits per heavy atom. The minimum atomic E-state index is -3.46. The Hall–Kier alpha value is -2.24. The molecule has 0 bridgehead atoms. The van der Waals surface area contributed by atoms with Gasteiger partial charge in [0.05, 0.1) is 7.11 Å². The van der Waals surface area contributed by atoms with Crippen LogP contribution in [-0.4, -0.2) is 48.8 Å². The Kier molecular flexibility index (Phi) is 5.69. The van der Waals surface area contributed by atoms with E-state index in [-0.39, 0.29) is 17.8 Å². The lowest BCUT2D eigenvalue weighted by molar-refractivity contribution is -0.125. The molecule has 11 heteroatoms. The van der Waals surface area contributed by atoms with E-state index in [0.29, 0.717) is 36.0 Å². The molecule has 26 heavy (non-hydrogen) atoms. The van der Waals surface area contributed by atoms with E-state index in [1.165, 1.54) is 28.9 Å². The third kappa shape index (κ3) is 4.11. The van der Waals surface area contributed by atoms with Crippen LogP contribution in [0.1, 0.15) is 12.8 Å². The number of amides is 1. The molecular formula is C15H19N5O4S2. The van der Waals surface area contributed by atoms with E-state index < -0.39 is 10.0 Å². The largest absolute Gasteiger partial charge is 0.481 e. The van der Waals surface area contributed by atoms with Gasteiger partial charge in [0.2, 0.25) is 17.7 Å². The van der Waals surface area contributed by atoms with Gasteiger partial charge in [-0.2, -0.15) is 9.29 Å². The van der Waals surface area contributed by atoms with Gasteiger partial charge in [0, 0.05) is 31.3 Å². The number of ether oxygens (including phenoxy) is 1. The molecule has 1 fully saturated rings. The molecule has 3 rings (SSSR count). The van der Waals surface area contributed by atoms with Crippen LogP contribution in [0.5, 0.6) is 5.88 Å². The summed E-state index contributed by atoms with van der Waals surface area (Å²) in [7, 11) is -1.97. The molecule has 0 spiro atoms. The highest BCUT2D eigenvalue weighted by molar-refractivity contribution is 7.91. The standard InChI is InChI=1S/C15H19N5O4S2/c1-24-12-4-7-16-15(17-12)19-18-14(21)11-5-8-20(9-6-11)26(22,23)13-3-2-10-25-13/h2-4,7,10-11H,5-6,8-9H2,1H3,(H,18,21)(H,16,17,19). The van der Waals surface area contributed by atoms with E-state index in [1.807, 2.05) is 0 Å². The zero-order chi connectivity index (χ0) is 18.6. The first-order valence-electron chi connectivity index (χ1n) is 7.97. The summed E-state index contributed by atoms with van der Waals surface area (Å²) in [5.41, 5.74) is 5.21. The van der Waals surface area contributed by atoms with Crippen LogP contribution >= 0.6 is 11.3 Å². The van der Waals surface area contributed by atoms with E-state index in [2.05, 4.69) is 20.8 Å². The fourth-order valence-electron chi connectivity index (χ4n) is 2.63. The molecule has 2 N–H and O–H groups in total. The Labute approximate surface area is 155 Å². The second-order valence-electron chi connectivity index (χ2n) is 5.65. The molecule has 3 heterocycles. The monoisotopic (exact) mass is 397 g/mol. The van der Waals surface area contributed by atoms with Crippen LogP contribution in [0.4, 0.5) is 5.95 Å². The van der Waals surface area contributed by atoms with Crippen molar-refractivity contribution in [1.82, 2.24) is 19.7 Å². The number of sulfonamides is 1. The first kappa shape index (κ1) is 18.5. The zero-order valence-corrected chi connectivity index (χ0v) is 15.7. The maximum atomic E-state index is 12.5. The van der Waals surface area contributed by atoms with Crippen LogP contribution in [0.3, 0.4) is 0 Å². The molecule has 0 unspecified atom stereocenters. The smallest absolute Gasteiger partial charge is 0.252 e. The number of hydrogen-bond donors (Lipinski definition) is 2. The Morgan fingerprint density at radius 2 is 2.12 bits per heavy atom. The van der Waals surface area contributed by atoms with Crippen molar-refractivity contribution >= 4 is 33.2 Å². The lowest BCUT2D eigenvalue weighted by atomic mass is 9.98. The summed E-state index contributed by atoms with van der Waals surface area (Å²) in [6.07, 6.45) is 2.42. The number of carbonyl (C=O) groups is 1. The molecule has 1 saturated heterocycles. The minimum absolute atomic E-state index is 0.218. The number of hydrogen-bond acceptors (Lipinski definition) is 8. The number of methoxy groups -OCH3 is 1. The average molecular weight is 397 g/mol. The number of hydrazine groups is 1. The second kappa shape index (κ2) is 7.98. The molecule has 1 aliphatic rings. The van der Waals surface area contributed by atoms with Gasteiger partial charge in [0.25, 0.3) is 10.0 Å². The summed E-state index contributed by atoms with van der Waals surface area (Å²) in [5.74, 6) is 0.103. The van der Waals surface area contributed by atoms with Crippen molar-refractivity contribution in [3.63, 3.8) is 0 Å². The van der Waals surface area contributed by atoms with Crippen molar-refractivity contribution in [3.05, 3.63) is 29.8 Å². The van der Waals surface area contributed by atoms with E-state index in [0.717, 1.165) is 0 Å². The Bertz CT molecular complexity index is 849. The third-order valence-corrected chi connectivity index (χ3v) is 7.32. The summed E-state index contributed by atoms with van der Waals surface area (Å²) < 4.78 is 31.7. The predicted octanol–water partition coefficient (Wildman–Crippen LogP) is 1.09. The van der Waals surface area contributed by atoms with Gasteiger partial charge in [-0.15, -0.1) is 11.3 Å². The number of anilines is 1. The van der Waals surface area contributed by atoms with Gasteiger partial charge < -0.3 is 4.74 Å². The van der Waals surface area contributed by atoms with Gasteiger partial charge in [0.15, 0.2) is 0 Å². The molecule has 0 radical (unpaired) electrons. The van der Waals surface area contributed by atoms with Gasteiger partial charge in [-0.1, -0.05) is 6.07 Å². The van der Waals surface area contributed by atoms with Crippen molar-refractivity contribution < 1.29 is 17.9 Å². The topological polar surface area (TPSA) is 114 Å². The number of carbonyl (C=O) groups excluding carboxylic acids is 1. The van der Waals surface area contributed by atoms with Crippen LogP contribution in [0.15, 0.2) is 34.0 Å². The summed E-state index contributed by atoms with van der Waals surface area (Å²) in [5, 5.41) is 1.74. The van der Waals surface area contributed by atoms with Crippen LogP contribution in [0.25, 0.3) is 0 Å². The van der Waals surface area contributed by atoms with Crippen LogP contribution in [-0.2, 0) is 14.8 Å². The zero-order valence-electron chi connectivity index (χ0n) is 14.1. The van der Waals surface area contributed by atoms with E-state index >= 15 is 0 Å². The summed E-state index contributed by atoms with van der Waals surface area (Å²) in [4.78, 5) is 20.3. The maximum absolute atomic E-state index is 12.5. The normalized spacial score (nSPS) is 16.2. The average Bonchev–Trinajstić information content (AvgIpc) is 3.22. The highest BCUT2D eigenvalue weighted by Crippen LogP contribution is 2.26. The Balaban J connectivity index is 1.52. The predicted molar refractivity (Wildman–Crippen MR) is 96.2 cm³/mol. The Morgan fingerprint density at radius 3 is 2.77 bits per heavy atom. The summed E-state index contributed by atoms with van der Waals surface area (Å²) in [6.45, 7) is 0.627. The van der Waals surface area contributed by atoms with Crippen molar-refractivity contribution in [3.8, 4) is 5.88 Å². The van der Waals surface area contributed by atoms with Gasteiger partial charge in [-0.3, -0.25) is 15.6 Å². The van der Waals surface area contributed by atoms with Crippen molar-refractivity contribution in [2.45, 2.75) is 17.1 Å². The number of thiophene rings is 1. The molecule has 0 atom stereocenters. The number of aromatic nitrogens is 2. The number of rotatable bonds is 6. The molecule has 2 aromatic heterocycles. The molecule has 9 nitrogen and oxygen atoms in total. The summed E-state index contributed by atoms with van der Waals surface area (Å²) in [6, 6.07) is 4.90. The van der Waals surface area contributed by atoms with E-state index in [9.17, 15) is 13.2 Å².